The van der Waals surface area contributed by atoms with Crippen LogP contribution in [0.2, 0.25) is 5.02 Å². The smallest absolute Gasteiger partial charge is 0.316 e. The number of aromatic nitrogens is 1. The minimum atomic E-state index is -0.265. The third-order valence-corrected chi connectivity index (χ3v) is 6.21. The Morgan fingerprint density at radius 2 is 1.88 bits per heavy atom. The summed E-state index contributed by atoms with van der Waals surface area (Å²) in [4.78, 5) is 17.6. The number of thioether (sulfide) groups is 1. The third kappa shape index (κ3) is 3.70. The summed E-state index contributed by atoms with van der Waals surface area (Å²) in [6, 6.07) is 19.6. The zero-order valence-corrected chi connectivity index (χ0v) is 16.0. The molecule has 0 radical (unpaired) electrons. The lowest BCUT2D eigenvalue weighted by atomic mass is 10.1. The predicted molar refractivity (Wildman–Crippen MR) is 109 cm³/mol. The van der Waals surface area contributed by atoms with Gasteiger partial charge in [-0.3, -0.25) is 4.79 Å². The second kappa shape index (κ2) is 7.66. The summed E-state index contributed by atoms with van der Waals surface area (Å²) in [6.45, 7) is 0.203. The quantitative estimate of drug-likeness (QED) is 0.307. The lowest BCUT2D eigenvalue weighted by molar-refractivity contribution is -0.141. The van der Waals surface area contributed by atoms with E-state index >= 15 is 0 Å². The van der Waals surface area contributed by atoms with Gasteiger partial charge in [0.05, 0.1) is 16.0 Å². The van der Waals surface area contributed by atoms with Gasteiger partial charge in [-0.1, -0.05) is 48.0 Å². The van der Waals surface area contributed by atoms with E-state index in [4.69, 9.17) is 16.3 Å². The highest BCUT2D eigenvalue weighted by atomic mass is 35.5. The fourth-order valence-corrected chi connectivity index (χ4v) is 4.81. The van der Waals surface area contributed by atoms with E-state index < -0.39 is 0 Å². The molecule has 0 aliphatic heterocycles. The SMILES string of the molecule is O=C(CSc1cccc2cccc(Cl)c12)OCc1nc2ccccc2s1. The molecule has 3 nitrogen and oxygen atoms in total. The number of ether oxygens (including phenoxy) is 1. The molecule has 0 saturated heterocycles. The van der Waals surface area contributed by atoms with Crippen molar-refractivity contribution in [2.75, 3.05) is 5.75 Å². The first-order valence-electron chi connectivity index (χ1n) is 8.01. The highest BCUT2D eigenvalue weighted by Gasteiger charge is 2.11. The van der Waals surface area contributed by atoms with Crippen LogP contribution < -0.4 is 0 Å². The molecule has 0 N–H and O–H groups in total. The van der Waals surface area contributed by atoms with E-state index in [1.165, 1.54) is 11.8 Å². The zero-order valence-electron chi connectivity index (χ0n) is 13.6. The Morgan fingerprint density at radius 3 is 2.73 bits per heavy atom. The van der Waals surface area contributed by atoms with Gasteiger partial charge in [-0.05, 0) is 29.7 Å². The molecule has 26 heavy (non-hydrogen) atoms. The first-order valence-corrected chi connectivity index (χ1v) is 10.2. The standard InChI is InChI=1S/C20H14ClNO2S2/c21-14-7-3-5-13-6-4-10-17(20(13)14)25-12-19(23)24-11-18-22-15-8-1-2-9-16(15)26-18/h1-10H,11-12H2. The van der Waals surface area contributed by atoms with Crippen LogP contribution in [0.4, 0.5) is 0 Å². The molecule has 0 aliphatic carbocycles. The number of nitrogens with zero attached hydrogens (tertiary/aromatic N) is 1. The summed E-state index contributed by atoms with van der Waals surface area (Å²) in [5.74, 6) is -0.0341. The van der Waals surface area contributed by atoms with Gasteiger partial charge in [0.15, 0.2) is 0 Å². The molecule has 0 amide bonds. The van der Waals surface area contributed by atoms with Crippen molar-refractivity contribution in [1.82, 2.24) is 4.98 Å². The Balaban J connectivity index is 1.40. The van der Waals surface area contributed by atoms with Gasteiger partial charge in [-0.25, -0.2) is 4.98 Å². The minimum Gasteiger partial charge on any atom is -0.458 e. The monoisotopic (exact) mass is 399 g/mol. The average molecular weight is 400 g/mol. The molecular formula is C20H14ClNO2S2. The maximum Gasteiger partial charge on any atom is 0.316 e. The van der Waals surface area contributed by atoms with Crippen LogP contribution in [0, 0.1) is 0 Å². The molecule has 0 atom stereocenters. The maximum atomic E-state index is 12.1. The molecule has 4 rings (SSSR count). The van der Waals surface area contributed by atoms with Crippen molar-refractivity contribution >= 4 is 61.7 Å². The average Bonchev–Trinajstić information content (AvgIpc) is 3.08. The van der Waals surface area contributed by atoms with Gasteiger partial charge in [-0.15, -0.1) is 23.1 Å². The number of esters is 1. The summed E-state index contributed by atoms with van der Waals surface area (Å²) in [6.07, 6.45) is 0. The van der Waals surface area contributed by atoms with E-state index in [2.05, 4.69) is 4.98 Å². The molecule has 1 aromatic heterocycles. The van der Waals surface area contributed by atoms with Crippen LogP contribution in [0.1, 0.15) is 5.01 Å². The number of benzene rings is 3. The van der Waals surface area contributed by atoms with Gasteiger partial charge in [0, 0.05) is 15.3 Å². The normalized spacial score (nSPS) is 11.1. The van der Waals surface area contributed by atoms with Crippen molar-refractivity contribution < 1.29 is 9.53 Å². The van der Waals surface area contributed by atoms with Crippen LogP contribution in [0.15, 0.2) is 65.6 Å². The van der Waals surface area contributed by atoms with Gasteiger partial charge in [-0.2, -0.15) is 0 Å². The van der Waals surface area contributed by atoms with Crippen LogP contribution in [0.25, 0.3) is 21.0 Å². The third-order valence-electron chi connectivity index (χ3n) is 3.86. The largest absolute Gasteiger partial charge is 0.458 e. The van der Waals surface area contributed by atoms with Gasteiger partial charge >= 0.3 is 5.97 Å². The molecule has 1 heterocycles. The first kappa shape index (κ1) is 17.3. The molecule has 0 fully saturated rings. The Morgan fingerprint density at radius 1 is 1.08 bits per heavy atom. The second-order valence-corrected chi connectivity index (χ2v) is 8.16. The van der Waals surface area contributed by atoms with E-state index in [9.17, 15) is 4.79 Å². The van der Waals surface area contributed by atoms with Gasteiger partial charge in [0.1, 0.15) is 11.6 Å². The highest BCUT2D eigenvalue weighted by molar-refractivity contribution is 8.00. The van der Waals surface area contributed by atoms with Crippen molar-refractivity contribution in [3.05, 3.63) is 70.7 Å². The Labute approximate surface area is 164 Å². The fourth-order valence-electron chi connectivity index (χ4n) is 2.68. The number of fused-ring (bicyclic) bond motifs is 2. The van der Waals surface area contributed by atoms with Crippen molar-refractivity contribution in [3.8, 4) is 0 Å². The van der Waals surface area contributed by atoms with Crippen LogP contribution in [0.5, 0.6) is 0 Å². The van der Waals surface area contributed by atoms with E-state index in [0.29, 0.717) is 5.02 Å². The predicted octanol–water partition coefficient (Wildman–Crippen LogP) is 5.94. The first-order chi connectivity index (χ1) is 12.7. The molecule has 3 aromatic carbocycles. The van der Waals surface area contributed by atoms with Crippen molar-refractivity contribution in [3.63, 3.8) is 0 Å². The van der Waals surface area contributed by atoms with Crippen molar-refractivity contribution in [2.45, 2.75) is 11.5 Å². The number of hydrogen-bond acceptors (Lipinski definition) is 5. The summed E-state index contributed by atoms with van der Waals surface area (Å²) < 4.78 is 6.47. The number of hydrogen-bond donors (Lipinski definition) is 0. The van der Waals surface area contributed by atoms with Crippen molar-refractivity contribution in [1.29, 1.82) is 0 Å². The number of carbonyl (C=O) groups excluding carboxylic acids is 1. The van der Waals surface area contributed by atoms with Crippen molar-refractivity contribution in [2.24, 2.45) is 0 Å². The Bertz CT molecular complexity index is 1060. The van der Waals surface area contributed by atoms with Gasteiger partial charge < -0.3 is 4.74 Å². The molecule has 4 aromatic rings. The second-order valence-electron chi connectivity index (χ2n) is 5.62. The number of thiazole rings is 1. The number of carbonyl (C=O) groups is 1. The fraction of sp³-hybridized carbons (Fsp3) is 0.100. The van der Waals surface area contributed by atoms with Crippen LogP contribution in [-0.2, 0) is 16.1 Å². The summed E-state index contributed by atoms with van der Waals surface area (Å²) in [5.41, 5.74) is 0.934. The maximum absolute atomic E-state index is 12.1. The lowest BCUT2D eigenvalue weighted by Gasteiger charge is -2.08. The highest BCUT2D eigenvalue weighted by Crippen LogP contribution is 2.33. The summed E-state index contributed by atoms with van der Waals surface area (Å²) >= 11 is 9.30. The number of para-hydroxylation sites is 1. The van der Waals surface area contributed by atoms with E-state index in [1.807, 2.05) is 60.7 Å². The number of rotatable bonds is 5. The van der Waals surface area contributed by atoms with E-state index in [-0.39, 0.29) is 18.3 Å². The van der Waals surface area contributed by atoms with Gasteiger partial charge in [0.2, 0.25) is 0 Å². The summed E-state index contributed by atoms with van der Waals surface area (Å²) in [5, 5.41) is 3.53. The topological polar surface area (TPSA) is 39.2 Å². The molecule has 0 saturated carbocycles. The van der Waals surface area contributed by atoms with Crippen LogP contribution in [0.3, 0.4) is 0 Å². The Hall–Kier alpha value is -2.08. The van der Waals surface area contributed by atoms with E-state index in [0.717, 1.165) is 30.9 Å². The molecule has 0 unspecified atom stereocenters. The van der Waals surface area contributed by atoms with Crippen LogP contribution in [-0.4, -0.2) is 16.7 Å². The molecule has 130 valence electrons. The molecule has 0 aliphatic rings. The van der Waals surface area contributed by atoms with Gasteiger partial charge in [0.25, 0.3) is 0 Å². The summed E-state index contributed by atoms with van der Waals surface area (Å²) in [7, 11) is 0. The van der Waals surface area contributed by atoms with Crippen LogP contribution >= 0.6 is 34.7 Å². The Kier molecular flexibility index (Phi) is 5.11. The molecule has 0 bridgehead atoms. The molecule has 0 spiro atoms. The lowest BCUT2D eigenvalue weighted by Crippen LogP contribution is -2.07. The minimum absolute atomic E-state index is 0.203. The zero-order chi connectivity index (χ0) is 17.9. The molecular weight excluding hydrogens is 386 g/mol. The molecule has 6 heteroatoms. The number of halogens is 1. The van der Waals surface area contributed by atoms with E-state index in [1.54, 1.807) is 11.3 Å².